The van der Waals surface area contributed by atoms with Crippen LogP contribution in [0.1, 0.15) is 23.6 Å². The van der Waals surface area contributed by atoms with Crippen molar-refractivity contribution < 1.29 is 21.6 Å². The first-order valence-corrected chi connectivity index (χ1v) is 13.7. The molecule has 1 aliphatic heterocycles. The largest absolute Gasteiger partial charge is 0.293 e. The van der Waals surface area contributed by atoms with E-state index in [2.05, 4.69) is 15.3 Å². The molecular weight excluding hydrogens is 519 g/mol. The second kappa shape index (κ2) is 8.89. The van der Waals surface area contributed by atoms with Crippen LogP contribution in [0.2, 0.25) is 0 Å². The van der Waals surface area contributed by atoms with Crippen molar-refractivity contribution in [2.45, 2.75) is 30.3 Å². The molecule has 1 aliphatic carbocycles. The molecule has 13 heteroatoms. The molecule has 6 rings (SSSR count). The summed E-state index contributed by atoms with van der Waals surface area (Å²) in [5, 5.41) is 13.0. The number of hydrogen-bond acceptors (Lipinski definition) is 6. The Labute approximate surface area is 217 Å². The van der Waals surface area contributed by atoms with Crippen LogP contribution in [0, 0.1) is 18.7 Å². The molecule has 1 saturated heterocycles. The van der Waals surface area contributed by atoms with Gasteiger partial charge in [-0.05, 0) is 54.4 Å². The minimum Gasteiger partial charge on any atom is -0.293 e. The summed E-state index contributed by atoms with van der Waals surface area (Å²) >= 11 is 0. The number of sulfonamides is 1. The summed E-state index contributed by atoms with van der Waals surface area (Å²) in [7, 11) is -2.37. The highest BCUT2D eigenvalue weighted by Crippen LogP contribution is 2.50. The van der Waals surface area contributed by atoms with Gasteiger partial charge in [-0.25, -0.2) is 26.3 Å². The van der Waals surface area contributed by atoms with E-state index in [0.717, 1.165) is 22.0 Å². The molecule has 2 aromatic heterocycles. The Bertz CT molecular complexity index is 1620. The van der Waals surface area contributed by atoms with Gasteiger partial charge in [-0.2, -0.15) is 19.3 Å². The second-order valence-corrected chi connectivity index (χ2v) is 11.9. The Morgan fingerprint density at radius 3 is 2.47 bits per heavy atom. The van der Waals surface area contributed by atoms with Crippen molar-refractivity contribution in [3.05, 3.63) is 65.7 Å². The standard InChI is InChI=1S/C25H26F3N7O2S/c1-16-9-22-17(12-30-35(22)20-5-3-19(26)4-6-20)10-21(16)23-15-34(38(36,37)24-13-29-32(2)31-24)8-7-33(23)14-18-11-25(18,27)28/h3-6,9-10,12-13,18,23H,7-8,11,14-15H2,1-2H3/t18?,23-/m0/s1. The number of hydrogen-bond donors (Lipinski definition) is 0. The molecule has 3 heterocycles. The van der Waals surface area contributed by atoms with Crippen molar-refractivity contribution in [3.63, 3.8) is 0 Å². The van der Waals surface area contributed by atoms with Crippen LogP contribution >= 0.6 is 0 Å². The topological polar surface area (TPSA) is 89.2 Å². The lowest BCUT2D eigenvalue weighted by molar-refractivity contribution is 0.0634. The minimum atomic E-state index is -3.92. The highest BCUT2D eigenvalue weighted by atomic mass is 32.2. The normalized spacial score (nSPS) is 22.2. The van der Waals surface area contributed by atoms with Gasteiger partial charge in [0.25, 0.3) is 15.9 Å². The number of benzene rings is 2. The van der Waals surface area contributed by atoms with Crippen molar-refractivity contribution in [3.8, 4) is 5.69 Å². The van der Waals surface area contributed by atoms with Crippen molar-refractivity contribution in [2.24, 2.45) is 13.0 Å². The van der Waals surface area contributed by atoms with E-state index in [1.807, 2.05) is 24.0 Å². The molecule has 4 aromatic rings. The SMILES string of the molecule is Cc1cc2c(cnn2-c2ccc(F)cc2)cc1[C@@H]1CN(S(=O)(=O)c2cnn(C)n2)CCN1CC1CC1(F)F. The zero-order valence-corrected chi connectivity index (χ0v) is 21.6. The molecule has 2 atom stereocenters. The van der Waals surface area contributed by atoms with E-state index >= 15 is 0 Å². The van der Waals surface area contributed by atoms with Gasteiger partial charge in [0.1, 0.15) is 5.82 Å². The Morgan fingerprint density at radius 2 is 1.82 bits per heavy atom. The van der Waals surface area contributed by atoms with E-state index < -0.39 is 27.9 Å². The third-order valence-electron chi connectivity index (χ3n) is 7.43. The average Bonchev–Trinajstić information content (AvgIpc) is 3.20. The molecule has 0 radical (unpaired) electrons. The van der Waals surface area contributed by atoms with Crippen molar-refractivity contribution >= 4 is 20.9 Å². The van der Waals surface area contributed by atoms with Gasteiger partial charge < -0.3 is 0 Å². The number of fused-ring (bicyclic) bond motifs is 1. The Balaban J connectivity index is 1.37. The average molecular weight is 546 g/mol. The number of nitrogens with zero attached hydrogens (tertiary/aromatic N) is 7. The number of piperazine rings is 1. The fraction of sp³-hybridized carbons (Fsp3) is 0.400. The fourth-order valence-corrected chi connectivity index (χ4v) is 6.52. The molecule has 2 fully saturated rings. The molecule has 0 bridgehead atoms. The molecule has 9 nitrogen and oxygen atoms in total. The first-order valence-electron chi connectivity index (χ1n) is 12.3. The maximum absolute atomic E-state index is 13.9. The van der Waals surface area contributed by atoms with Crippen molar-refractivity contribution in [1.29, 1.82) is 0 Å². The van der Waals surface area contributed by atoms with Crippen LogP contribution in [0.3, 0.4) is 0 Å². The molecule has 2 aromatic carbocycles. The zero-order chi connectivity index (χ0) is 26.8. The van der Waals surface area contributed by atoms with Crippen LogP contribution in [0.25, 0.3) is 16.6 Å². The Kier molecular flexibility index (Phi) is 5.85. The third-order valence-corrected chi connectivity index (χ3v) is 9.16. The van der Waals surface area contributed by atoms with Crippen LogP contribution in [-0.2, 0) is 17.1 Å². The van der Waals surface area contributed by atoms with Crippen LogP contribution in [-0.4, -0.2) is 74.5 Å². The van der Waals surface area contributed by atoms with Crippen molar-refractivity contribution in [2.75, 3.05) is 26.2 Å². The highest BCUT2D eigenvalue weighted by molar-refractivity contribution is 7.89. The van der Waals surface area contributed by atoms with Gasteiger partial charge in [0.15, 0.2) is 0 Å². The number of aromatic nitrogens is 5. The van der Waals surface area contributed by atoms with E-state index in [4.69, 9.17) is 0 Å². The quantitative estimate of drug-likeness (QED) is 0.370. The summed E-state index contributed by atoms with van der Waals surface area (Å²) in [5.74, 6) is -3.76. The van der Waals surface area contributed by atoms with Gasteiger partial charge in [-0.15, -0.1) is 5.10 Å². The van der Waals surface area contributed by atoms with Crippen LogP contribution in [0.4, 0.5) is 13.2 Å². The molecule has 2 aliphatic rings. The van der Waals surface area contributed by atoms with Gasteiger partial charge in [0.2, 0.25) is 5.03 Å². The predicted molar refractivity (Wildman–Crippen MR) is 133 cm³/mol. The van der Waals surface area contributed by atoms with Crippen LogP contribution in [0.5, 0.6) is 0 Å². The Morgan fingerprint density at radius 1 is 1.08 bits per heavy atom. The van der Waals surface area contributed by atoms with Crippen LogP contribution in [0.15, 0.2) is 53.8 Å². The molecule has 0 N–H and O–H groups in total. The summed E-state index contributed by atoms with van der Waals surface area (Å²) < 4.78 is 70.9. The van der Waals surface area contributed by atoms with Crippen LogP contribution < -0.4 is 0 Å². The number of alkyl halides is 2. The lowest BCUT2D eigenvalue weighted by atomic mass is 9.96. The maximum atomic E-state index is 13.9. The molecule has 200 valence electrons. The van der Waals surface area contributed by atoms with Gasteiger partial charge in [0, 0.05) is 57.0 Å². The van der Waals surface area contributed by atoms with Gasteiger partial charge >= 0.3 is 0 Å². The van der Waals surface area contributed by atoms with E-state index in [0.29, 0.717) is 12.2 Å². The monoisotopic (exact) mass is 545 g/mol. The predicted octanol–water partition coefficient (Wildman–Crippen LogP) is 3.30. The first-order chi connectivity index (χ1) is 18.0. The molecule has 0 spiro atoms. The lowest BCUT2D eigenvalue weighted by Crippen LogP contribution is -2.51. The molecule has 1 unspecified atom stereocenters. The fourth-order valence-electron chi connectivity index (χ4n) is 5.20. The summed E-state index contributed by atoms with van der Waals surface area (Å²) in [6.07, 6.45) is 2.75. The second-order valence-electron chi connectivity index (χ2n) is 10.0. The summed E-state index contributed by atoms with van der Waals surface area (Å²) in [5.41, 5.74) is 3.22. The molecule has 38 heavy (non-hydrogen) atoms. The van der Waals surface area contributed by atoms with E-state index in [-0.39, 0.29) is 36.9 Å². The number of rotatable bonds is 6. The lowest BCUT2D eigenvalue weighted by Gasteiger charge is -2.41. The van der Waals surface area contributed by atoms with Gasteiger partial charge in [0.05, 0.1) is 23.6 Å². The maximum Gasteiger partial charge on any atom is 0.264 e. The van der Waals surface area contributed by atoms with E-state index in [9.17, 15) is 21.6 Å². The number of halogens is 3. The summed E-state index contributed by atoms with van der Waals surface area (Å²) in [4.78, 5) is 3.15. The minimum absolute atomic E-state index is 0.0929. The summed E-state index contributed by atoms with van der Waals surface area (Å²) in [6, 6.07) is 9.45. The third kappa shape index (κ3) is 4.37. The zero-order valence-electron chi connectivity index (χ0n) is 20.8. The van der Waals surface area contributed by atoms with Gasteiger partial charge in [-0.3, -0.25) is 4.90 Å². The smallest absolute Gasteiger partial charge is 0.264 e. The Hall–Kier alpha value is -3.29. The highest BCUT2D eigenvalue weighted by Gasteiger charge is 2.57. The first kappa shape index (κ1) is 25.0. The van der Waals surface area contributed by atoms with Gasteiger partial charge in [-0.1, -0.05) is 0 Å². The molecular formula is C25H26F3N7O2S. The molecule has 0 amide bonds. The molecule has 1 saturated carbocycles. The van der Waals surface area contributed by atoms with Crippen molar-refractivity contribution in [1.82, 2.24) is 34.0 Å². The van der Waals surface area contributed by atoms with E-state index in [1.165, 1.54) is 27.4 Å². The van der Waals surface area contributed by atoms with E-state index in [1.54, 1.807) is 30.1 Å². The summed E-state index contributed by atoms with van der Waals surface area (Å²) in [6.45, 7) is 2.66. The number of aryl methyl sites for hydroxylation is 2.